The molecule has 176 valence electrons. The summed E-state index contributed by atoms with van der Waals surface area (Å²) in [5.74, 6) is -0.247. The number of nitrogens with zero attached hydrogens (tertiary/aromatic N) is 2. The number of amides is 3. The summed E-state index contributed by atoms with van der Waals surface area (Å²) >= 11 is 0. The fraction of sp³-hybridized carbons (Fsp3) is 0.222. The topological polar surface area (TPSA) is 81.8 Å². The summed E-state index contributed by atoms with van der Waals surface area (Å²) in [5.41, 5.74) is 3.80. The van der Waals surface area contributed by atoms with Crippen molar-refractivity contribution < 1.29 is 14.4 Å². The van der Waals surface area contributed by atoms with Crippen LogP contribution in [0.1, 0.15) is 22.3 Å². The average molecular weight is 459 g/mol. The molecule has 0 spiro atoms. The van der Waals surface area contributed by atoms with E-state index in [0.29, 0.717) is 24.1 Å². The summed E-state index contributed by atoms with van der Waals surface area (Å²) in [7, 11) is 5.22. The van der Waals surface area contributed by atoms with E-state index < -0.39 is 0 Å². The Morgan fingerprint density at radius 1 is 0.794 bits per heavy atom. The standard InChI is InChI=1S/C27H30N4O3/c1-30(2)26(33)17-12-20-8-7-9-23(18-20)28-19-25(32)29-22-15-13-21(14-16-22)27(34)31(3)24-10-5-4-6-11-24/h4-11,13-16,18,28H,12,17,19H2,1-3H3,(H,29,32). The Bertz CT molecular complexity index is 1130. The van der Waals surface area contributed by atoms with Crippen molar-refractivity contribution in [2.24, 2.45) is 0 Å². The molecule has 0 aliphatic heterocycles. The van der Waals surface area contributed by atoms with Gasteiger partial charge in [0.15, 0.2) is 0 Å². The normalized spacial score (nSPS) is 10.3. The maximum Gasteiger partial charge on any atom is 0.258 e. The van der Waals surface area contributed by atoms with Gasteiger partial charge in [0.2, 0.25) is 11.8 Å². The molecule has 3 aromatic carbocycles. The van der Waals surface area contributed by atoms with Crippen molar-refractivity contribution in [1.82, 2.24) is 4.90 Å². The monoisotopic (exact) mass is 458 g/mol. The van der Waals surface area contributed by atoms with Crippen molar-refractivity contribution in [3.63, 3.8) is 0 Å². The predicted molar refractivity (Wildman–Crippen MR) is 136 cm³/mol. The van der Waals surface area contributed by atoms with Crippen molar-refractivity contribution in [3.8, 4) is 0 Å². The number of hydrogen-bond acceptors (Lipinski definition) is 4. The molecule has 0 fully saturated rings. The highest BCUT2D eigenvalue weighted by molar-refractivity contribution is 6.06. The number of nitrogens with one attached hydrogen (secondary N) is 2. The van der Waals surface area contributed by atoms with E-state index in [1.165, 1.54) is 0 Å². The van der Waals surface area contributed by atoms with Gasteiger partial charge in [0.1, 0.15) is 0 Å². The van der Waals surface area contributed by atoms with E-state index in [-0.39, 0.29) is 24.3 Å². The molecular weight excluding hydrogens is 428 g/mol. The van der Waals surface area contributed by atoms with Crippen LogP contribution in [0.3, 0.4) is 0 Å². The largest absolute Gasteiger partial charge is 0.376 e. The molecule has 0 radical (unpaired) electrons. The molecular formula is C27H30N4O3. The molecule has 3 amide bonds. The Kier molecular flexibility index (Phi) is 8.40. The van der Waals surface area contributed by atoms with Gasteiger partial charge in [0.25, 0.3) is 5.91 Å². The number of anilines is 3. The molecule has 7 nitrogen and oxygen atoms in total. The lowest BCUT2D eigenvalue weighted by atomic mass is 10.1. The lowest BCUT2D eigenvalue weighted by Gasteiger charge is -2.17. The molecule has 0 unspecified atom stereocenters. The van der Waals surface area contributed by atoms with Crippen LogP contribution in [-0.4, -0.2) is 50.3 Å². The molecule has 2 N–H and O–H groups in total. The van der Waals surface area contributed by atoms with Gasteiger partial charge in [-0.05, 0) is 60.5 Å². The first-order chi connectivity index (χ1) is 16.3. The SMILES string of the molecule is CN(C)C(=O)CCc1cccc(NCC(=O)Nc2ccc(C(=O)N(C)c3ccccc3)cc2)c1. The number of carbonyl (C=O) groups is 3. The van der Waals surface area contributed by atoms with Gasteiger partial charge in [0, 0.05) is 50.2 Å². The van der Waals surface area contributed by atoms with E-state index in [2.05, 4.69) is 10.6 Å². The van der Waals surface area contributed by atoms with Gasteiger partial charge in [-0.2, -0.15) is 0 Å². The van der Waals surface area contributed by atoms with Crippen LogP contribution in [0.15, 0.2) is 78.9 Å². The predicted octanol–water partition coefficient (Wildman–Crippen LogP) is 4.03. The highest BCUT2D eigenvalue weighted by Crippen LogP contribution is 2.17. The highest BCUT2D eigenvalue weighted by atomic mass is 16.2. The summed E-state index contributed by atoms with van der Waals surface area (Å²) in [4.78, 5) is 40.0. The van der Waals surface area contributed by atoms with Crippen LogP contribution in [0, 0.1) is 0 Å². The van der Waals surface area contributed by atoms with Gasteiger partial charge >= 0.3 is 0 Å². The van der Waals surface area contributed by atoms with Gasteiger partial charge in [-0.3, -0.25) is 14.4 Å². The van der Waals surface area contributed by atoms with Gasteiger partial charge in [-0.15, -0.1) is 0 Å². The van der Waals surface area contributed by atoms with E-state index in [0.717, 1.165) is 16.9 Å². The Hall–Kier alpha value is -4.13. The van der Waals surface area contributed by atoms with Crippen LogP contribution in [0.2, 0.25) is 0 Å². The van der Waals surface area contributed by atoms with Crippen LogP contribution < -0.4 is 15.5 Å². The summed E-state index contributed by atoms with van der Waals surface area (Å²) in [5, 5.41) is 5.94. The molecule has 0 atom stereocenters. The lowest BCUT2D eigenvalue weighted by molar-refractivity contribution is -0.128. The molecule has 0 aliphatic rings. The summed E-state index contributed by atoms with van der Waals surface area (Å²) in [6, 6.07) is 23.9. The Balaban J connectivity index is 1.50. The first-order valence-corrected chi connectivity index (χ1v) is 11.1. The van der Waals surface area contributed by atoms with Crippen LogP contribution in [0.4, 0.5) is 17.1 Å². The zero-order valence-electron chi connectivity index (χ0n) is 19.7. The molecule has 0 aliphatic carbocycles. The lowest BCUT2D eigenvalue weighted by Crippen LogP contribution is -2.26. The fourth-order valence-corrected chi connectivity index (χ4v) is 3.36. The minimum Gasteiger partial charge on any atom is -0.376 e. The first-order valence-electron chi connectivity index (χ1n) is 11.1. The zero-order valence-corrected chi connectivity index (χ0v) is 19.7. The number of para-hydroxylation sites is 1. The number of carbonyl (C=O) groups excluding carboxylic acids is 3. The summed E-state index contributed by atoms with van der Waals surface area (Å²) < 4.78 is 0. The second-order valence-electron chi connectivity index (χ2n) is 8.17. The van der Waals surface area contributed by atoms with Gasteiger partial charge in [0.05, 0.1) is 6.54 Å². The molecule has 3 rings (SSSR count). The quantitative estimate of drug-likeness (QED) is 0.507. The van der Waals surface area contributed by atoms with E-state index in [9.17, 15) is 14.4 Å². The van der Waals surface area contributed by atoms with Gasteiger partial charge in [-0.1, -0.05) is 30.3 Å². The molecule has 0 saturated heterocycles. The molecule has 34 heavy (non-hydrogen) atoms. The minimum atomic E-state index is -0.200. The van der Waals surface area contributed by atoms with Crippen molar-refractivity contribution in [3.05, 3.63) is 90.0 Å². The second-order valence-corrected chi connectivity index (χ2v) is 8.17. The van der Waals surface area contributed by atoms with Crippen molar-refractivity contribution in [2.45, 2.75) is 12.8 Å². The average Bonchev–Trinajstić information content (AvgIpc) is 2.86. The molecule has 0 saturated carbocycles. The maximum absolute atomic E-state index is 12.7. The van der Waals surface area contributed by atoms with Gasteiger partial charge < -0.3 is 20.4 Å². The van der Waals surface area contributed by atoms with E-state index in [1.807, 2.05) is 54.6 Å². The first kappa shape index (κ1) is 24.5. The van der Waals surface area contributed by atoms with E-state index in [4.69, 9.17) is 0 Å². The van der Waals surface area contributed by atoms with E-state index in [1.54, 1.807) is 55.2 Å². The minimum absolute atomic E-state index is 0.0807. The number of rotatable bonds is 9. The van der Waals surface area contributed by atoms with Crippen molar-refractivity contribution >= 4 is 34.8 Å². The number of benzene rings is 3. The fourth-order valence-electron chi connectivity index (χ4n) is 3.36. The third kappa shape index (κ3) is 6.93. The zero-order chi connectivity index (χ0) is 24.5. The van der Waals surface area contributed by atoms with Crippen molar-refractivity contribution in [2.75, 3.05) is 43.2 Å². The van der Waals surface area contributed by atoms with Gasteiger partial charge in [-0.25, -0.2) is 0 Å². The third-order valence-electron chi connectivity index (χ3n) is 5.37. The highest BCUT2D eigenvalue weighted by Gasteiger charge is 2.13. The summed E-state index contributed by atoms with van der Waals surface area (Å²) in [6.45, 7) is 0.0948. The molecule has 0 bridgehead atoms. The third-order valence-corrected chi connectivity index (χ3v) is 5.37. The van der Waals surface area contributed by atoms with Crippen LogP contribution >= 0.6 is 0 Å². The Morgan fingerprint density at radius 3 is 2.18 bits per heavy atom. The number of aryl methyl sites for hydroxylation is 1. The van der Waals surface area contributed by atoms with Crippen LogP contribution in [-0.2, 0) is 16.0 Å². The molecule has 3 aromatic rings. The maximum atomic E-state index is 12.7. The van der Waals surface area contributed by atoms with E-state index >= 15 is 0 Å². The molecule has 0 aromatic heterocycles. The second kappa shape index (κ2) is 11.7. The number of hydrogen-bond donors (Lipinski definition) is 2. The van der Waals surface area contributed by atoms with Crippen molar-refractivity contribution in [1.29, 1.82) is 0 Å². The summed E-state index contributed by atoms with van der Waals surface area (Å²) in [6.07, 6.45) is 1.08. The van der Waals surface area contributed by atoms with Crippen LogP contribution in [0.25, 0.3) is 0 Å². The van der Waals surface area contributed by atoms with Crippen LogP contribution in [0.5, 0.6) is 0 Å². The molecule has 7 heteroatoms. The Morgan fingerprint density at radius 2 is 1.50 bits per heavy atom. The Labute approximate surface area is 200 Å². The smallest absolute Gasteiger partial charge is 0.258 e. The molecule has 0 heterocycles.